The molecular formula is C7H16Cl4Si3. The molecule has 0 saturated heterocycles. The van der Waals surface area contributed by atoms with Crippen molar-refractivity contribution in [2.24, 2.45) is 0 Å². The van der Waals surface area contributed by atoms with E-state index in [0.717, 1.165) is 4.82 Å². The van der Waals surface area contributed by atoms with E-state index in [1.165, 1.54) is 0 Å². The van der Waals surface area contributed by atoms with Gasteiger partial charge in [0, 0.05) is 0 Å². The molecule has 0 heterocycles. The molecule has 0 aliphatic carbocycles. The Labute approximate surface area is 108 Å². The van der Waals surface area contributed by atoms with Crippen molar-refractivity contribution in [3.05, 3.63) is 10.5 Å². The average molecular weight is 326 g/mol. The van der Waals surface area contributed by atoms with Crippen molar-refractivity contribution < 1.29 is 0 Å². The van der Waals surface area contributed by atoms with Crippen molar-refractivity contribution in [3.8, 4) is 0 Å². The van der Waals surface area contributed by atoms with Gasteiger partial charge in [-0.05, 0) is 6.55 Å². The van der Waals surface area contributed by atoms with Crippen LogP contribution in [0, 0.1) is 0 Å². The predicted octanol–water partition coefficient (Wildman–Crippen LogP) is 4.97. The zero-order valence-corrected chi connectivity index (χ0v) is 15.1. The molecule has 84 valence electrons. The highest BCUT2D eigenvalue weighted by atomic mass is 35.7. The molecule has 14 heavy (non-hydrogen) atoms. The van der Waals surface area contributed by atoms with Crippen molar-refractivity contribution in [3.63, 3.8) is 0 Å². The second kappa shape index (κ2) is 4.82. The molecule has 0 aliphatic heterocycles. The second-order valence-corrected chi connectivity index (χ2v) is 25.1. The Bertz CT molecular complexity index is 215. The summed E-state index contributed by atoms with van der Waals surface area (Å²) in [5.41, 5.74) is 1.97. The molecule has 0 radical (unpaired) electrons. The van der Waals surface area contributed by atoms with Gasteiger partial charge in [0.05, 0.1) is 0 Å². The minimum Gasteiger partial charge on any atom is -0.162 e. The topological polar surface area (TPSA) is 0 Å². The van der Waals surface area contributed by atoms with Crippen LogP contribution in [0.1, 0.15) is 0 Å². The standard InChI is InChI=1S/C7H16Cl4Si3/c1-12(2,8)7(13(3,4)9)6-14(5,10)11/h6H,1-5H3. The predicted molar refractivity (Wildman–Crippen MR) is 78.1 cm³/mol. The Hall–Kier alpha value is 1.55. The normalized spacial score (nSPS) is 14.1. The van der Waals surface area contributed by atoms with Crippen LogP contribution in [0.15, 0.2) is 10.5 Å². The molecule has 0 N–H and O–H groups in total. The largest absolute Gasteiger partial charge is 0.270 e. The minimum absolute atomic E-state index is 1.16. The highest BCUT2D eigenvalue weighted by Gasteiger charge is 2.38. The van der Waals surface area contributed by atoms with Gasteiger partial charge in [-0.1, -0.05) is 36.7 Å². The van der Waals surface area contributed by atoms with E-state index < -0.39 is 21.5 Å². The van der Waals surface area contributed by atoms with Gasteiger partial charge in [0.25, 0.3) is 6.69 Å². The smallest absolute Gasteiger partial charge is 0.162 e. The van der Waals surface area contributed by atoms with Crippen LogP contribution in [0.5, 0.6) is 0 Å². The van der Waals surface area contributed by atoms with Crippen molar-refractivity contribution in [2.75, 3.05) is 0 Å². The maximum absolute atomic E-state index is 6.42. The molecule has 0 aliphatic rings. The molecule has 0 unspecified atom stereocenters. The van der Waals surface area contributed by atoms with E-state index in [9.17, 15) is 0 Å². The highest BCUT2D eigenvalue weighted by Crippen LogP contribution is 2.33. The van der Waals surface area contributed by atoms with Crippen LogP contribution in [0.4, 0.5) is 0 Å². The molecule has 0 spiro atoms. The van der Waals surface area contributed by atoms with Crippen LogP contribution in [0.2, 0.25) is 32.7 Å². The number of halogens is 4. The van der Waals surface area contributed by atoms with Crippen LogP contribution in [-0.2, 0) is 0 Å². The lowest BCUT2D eigenvalue weighted by Gasteiger charge is -2.28. The van der Waals surface area contributed by atoms with Gasteiger partial charge >= 0.3 is 0 Å². The fourth-order valence-electron chi connectivity index (χ4n) is 1.30. The van der Waals surface area contributed by atoms with Gasteiger partial charge in [-0.3, -0.25) is 0 Å². The fourth-order valence-corrected chi connectivity index (χ4v) is 19.4. The lowest BCUT2D eigenvalue weighted by molar-refractivity contribution is 1.79. The Kier molecular flexibility index (Phi) is 5.35. The fraction of sp³-hybridized carbons (Fsp3) is 0.714. The van der Waals surface area contributed by atoms with Crippen LogP contribution >= 0.6 is 44.3 Å². The van der Waals surface area contributed by atoms with Gasteiger partial charge < -0.3 is 0 Å². The molecule has 0 bridgehead atoms. The molecule has 0 aromatic carbocycles. The maximum atomic E-state index is 6.42. The van der Waals surface area contributed by atoms with Crippen LogP contribution < -0.4 is 0 Å². The summed E-state index contributed by atoms with van der Waals surface area (Å²) in [5.74, 6) is 0. The lowest BCUT2D eigenvalue weighted by atomic mass is 11.2. The van der Waals surface area contributed by atoms with E-state index >= 15 is 0 Å². The maximum Gasteiger partial charge on any atom is 0.270 e. The summed E-state index contributed by atoms with van der Waals surface area (Å²) in [5, 5.41) is 0. The molecule has 0 atom stereocenters. The van der Waals surface area contributed by atoms with Gasteiger partial charge in [0.15, 0.2) is 14.8 Å². The first kappa shape index (κ1) is 15.6. The van der Waals surface area contributed by atoms with E-state index in [4.69, 9.17) is 44.3 Å². The summed E-state index contributed by atoms with van der Waals surface area (Å²) in [4.78, 5) is 1.16. The van der Waals surface area contributed by atoms with Crippen molar-refractivity contribution >= 4 is 65.8 Å². The Morgan fingerprint density at radius 1 is 0.786 bits per heavy atom. The number of hydrogen-bond acceptors (Lipinski definition) is 0. The quantitative estimate of drug-likeness (QED) is 0.507. The summed E-state index contributed by atoms with van der Waals surface area (Å²) in [7, 11) is -3.81. The molecule has 0 aromatic rings. The summed E-state index contributed by atoms with van der Waals surface area (Å²) in [6.45, 7) is 7.85. The van der Waals surface area contributed by atoms with Gasteiger partial charge in [0.1, 0.15) is 0 Å². The Balaban J connectivity index is 5.26. The molecule has 0 saturated carbocycles. The summed E-state index contributed by atoms with van der Waals surface area (Å²) in [6.07, 6.45) is 0. The molecule has 0 aromatic heterocycles. The summed E-state index contributed by atoms with van der Waals surface area (Å²) >= 11 is 25.0. The highest BCUT2D eigenvalue weighted by molar-refractivity contribution is 7.48. The SMILES string of the molecule is C[Si](Cl)(Cl)C=C([Si](C)(C)Cl)[Si](C)(C)Cl. The van der Waals surface area contributed by atoms with Gasteiger partial charge in [-0.2, -0.15) is 22.2 Å². The third-order valence-electron chi connectivity index (χ3n) is 1.68. The van der Waals surface area contributed by atoms with E-state index in [2.05, 4.69) is 26.2 Å². The van der Waals surface area contributed by atoms with Crippen molar-refractivity contribution in [2.45, 2.75) is 32.7 Å². The van der Waals surface area contributed by atoms with Gasteiger partial charge in [-0.25, -0.2) is 0 Å². The average Bonchev–Trinajstić information content (AvgIpc) is 1.75. The molecule has 7 heteroatoms. The van der Waals surface area contributed by atoms with Crippen LogP contribution in [-0.4, -0.2) is 21.5 Å². The molecule has 0 rings (SSSR count). The van der Waals surface area contributed by atoms with Crippen LogP contribution in [0.25, 0.3) is 0 Å². The molecule has 0 amide bonds. The van der Waals surface area contributed by atoms with E-state index in [0.29, 0.717) is 0 Å². The van der Waals surface area contributed by atoms with E-state index in [1.54, 1.807) is 0 Å². The first-order chi connectivity index (χ1) is 5.84. The third-order valence-corrected chi connectivity index (χ3v) is 12.5. The van der Waals surface area contributed by atoms with E-state index in [-0.39, 0.29) is 0 Å². The summed E-state index contributed by atoms with van der Waals surface area (Å²) < 4.78 is 0. The second-order valence-electron chi connectivity index (χ2n) is 4.46. The van der Waals surface area contributed by atoms with E-state index in [1.807, 2.05) is 12.2 Å². The van der Waals surface area contributed by atoms with Gasteiger partial charge in [0.2, 0.25) is 0 Å². The number of rotatable bonds is 3. The molecule has 0 nitrogen and oxygen atoms in total. The first-order valence-corrected chi connectivity index (χ1v) is 17.0. The third kappa shape index (κ3) is 6.20. The summed E-state index contributed by atoms with van der Waals surface area (Å²) in [6, 6.07) is 0. The molecule has 0 fully saturated rings. The van der Waals surface area contributed by atoms with Crippen molar-refractivity contribution in [1.29, 1.82) is 0 Å². The zero-order chi connectivity index (χ0) is 11.8. The zero-order valence-electron chi connectivity index (χ0n) is 9.09. The molecular weight excluding hydrogens is 310 g/mol. The Morgan fingerprint density at radius 3 is 1.14 bits per heavy atom. The van der Waals surface area contributed by atoms with Crippen molar-refractivity contribution in [1.82, 2.24) is 0 Å². The monoisotopic (exact) mass is 324 g/mol. The minimum atomic E-state index is -2.26. The number of hydrogen-bond donors (Lipinski definition) is 0. The first-order valence-electron chi connectivity index (χ1n) is 4.33. The Morgan fingerprint density at radius 2 is 1.07 bits per heavy atom. The van der Waals surface area contributed by atoms with Crippen LogP contribution in [0.3, 0.4) is 0 Å². The lowest BCUT2D eigenvalue weighted by Crippen LogP contribution is -2.38. The van der Waals surface area contributed by atoms with Gasteiger partial charge in [-0.15, -0.1) is 22.2 Å².